The third-order valence-electron chi connectivity index (χ3n) is 6.39. The zero-order valence-electron chi connectivity index (χ0n) is 15.3. The summed E-state index contributed by atoms with van der Waals surface area (Å²) in [7, 11) is 1.75. The summed E-state index contributed by atoms with van der Waals surface area (Å²) in [5, 5.41) is 3.93. The van der Waals surface area contributed by atoms with E-state index in [9.17, 15) is 0 Å². The van der Waals surface area contributed by atoms with Crippen LogP contribution in [0.15, 0.2) is 29.3 Å². The first kappa shape index (κ1) is 15.8. The van der Waals surface area contributed by atoms with E-state index in [-0.39, 0.29) is 0 Å². The number of hydrogen-bond donors (Lipinski definition) is 2. The summed E-state index contributed by atoms with van der Waals surface area (Å²) >= 11 is 0. The summed E-state index contributed by atoms with van der Waals surface area (Å²) in [6, 6.07) is 6.99. The molecule has 1 aromatic carbocycles. The molecule has 0 bridgehead atoms. The second-order valence-corrected chi connectivity index (χ2v) is 7.84. The van der Waals surface area contributed by atoms with Crippen molar-refractivity contribution in [1.82, 2.24) is 4.98 Å². The Balaban J connectivity index is 1.76. The van der Waals surface area contributed by atoms with Crippen LogP contribution in [0.2, 0.25) is 0 Å². The molecule has 0 amide bonds. The number of nitrogens with two attached hydrogens (primary N) is 1. The molecule has 2 heterocycles. The highest BCUT2D eigenvalue weighted by atomic mass is 16.5. The van der Waals surface area contributed by atoms with Crippen molar-refractivity contribution in [3.63, 3.8) is 0 Å². The molecule has 0 saturated heterocycles. The van der Waals surface area contributed by atoms with Crippen LogP contribution in [0.3, 0.4) is 0 Å². The standard InChI is InChI=1S/C21H28N2O/c1-12-9-14(3)17(10-13(12)2)20-21-16(7-8-22-20)18-11-15(24-4)5-6-19(18)23-21/h5-6,11,14,17,20,22-23H,7-10H2,1-4H3/p+1/t14-,17+,20-/m1/s1. The molecule has 2 aliphatic rings. The minimum Gasteiger partial charge on any atom is -0.497 e. The van der Waals surface area contributed by atoms with E-state index in [4.69, 9.17) is 4.74 Å². The fourth-order valence-electron chi connectivity index (χ4n) is 4.86. The van der Waals surface area contributed by atoms with Gasteiger partial charge in [0.15, 0.2) is 0 Å². The Bertz CT molecular complexity index is 802. The van der Waals surface area contributed by atoms with E-state index in [1.54, 1.807) is 18.3 Å². The summed E-state index contributed by atoms with van der Waals surface area (Å²) in [5.41, 5.74) is 7.46. The van der Waals surface area contributed by atoms with Gasteiger partial charge < -0.3 is 15.0 Å². The third kappa shape index (κ3) is 2.46. The monoisotopic (exact) mass is 325 g/mol. The Kier molecular flexibility index (Phi) is 3.92. The van der Waals surface area contributed by atoms with Crippen molar-refractivity contribution in [3.05, 3.63) is 40.6 Å². The topological polar surface area (TPSA) is 41.6 Å². The van der Waals surface area contributed by atoms with Crippen molar-refractivity contribution in [1.29, 1.82) is 0 Å². The predicted molar refractivity (Wildman–Crippen MR) is 98.4 cm³/mol. The van der Waals surface area contributed by atoms with Gasteiger partial charge in [0.05, 0.1) is 19.3 Å². The van der Waals surface area contributed by atoms with Crippen LogP contribution in [0.5, 0.6) is 5.75 Å². The normalized spacial score (nSPS) is 27.4. The smallest absolute Gasteiger partial charge is 0.130 e. The van der Waals surface area contributed by atoms with Gasteiger partial charge in [-0.2, -0.15) is 0 Å². The first-order chi connectivity index (χ1) is 11.6. The molecular formula is C21H29N2O+. The lowest BCUT2D eigenvalue weighted by molar-refractivity contribution is -0.707. The molecule has 0 spiro atoms. The lowest BCUT2D eigenvalue weighted by atomic mass is 9.72. The van der Waals surface area contributed by atoms with E-state index in [2.05, 4.69) is 49.3 Å². The van der Waals surface area contributed by atoms with Gasteiger partial charge in [0, 0.05) is 23.2 Å². The fraction of sp³-hybridized carbons (Fsp3) is 0.524. The van der Waals surface area contributed by atoms with Crippen molar-refractivity contribution in [2.45, 2.75) is 46.1 Å². The number of benzene rings is 1. The lowest BCUT2D eigenvalue weighted by Crippen LogP contribution is -2.88. The summed E-state index contributed by atoms with van der Waals surface area (Å²) in [4.78, 5) is 3.76. The largest absolute Gasteiger partial charge is 0.497 e. The Hall–Kier alpha value is -1.74. The number of ether oxygens (including phenoxy) is 1. The van der Waals surface area contributed by atoms with Gasteiger partial charge in [0.25, 0.3) is 0 Å². The van der Waals surface area contributed by atoms with Crippen LogP contribution in [0.4, 0.5) is 0 Å². The van der Waals surface area contributed by atoms with Crippen LogP contribution in [-0.2, 0) is 6.42 Å². The Morgan fingerprint density at radius 2 is 1.96 bits per heavy atom. The van der Waals surface area contributed by atoms with Crippen molar-refractivity contribution < 1.29 is 10.1 Å². The van der Waals surface area contributed by atoms with E-state index in [1.165, 1.54) is 41.5 Å². The summed E-state index contributed by atoms with van der Waals surface area (Å²) < 4.78 is 5.44. The van der Waals surface area contributed by atoms with E-state index >= 15 is 0 Å². The molecule has 0 radical (unpaired) electrons. The number of aromatic amines is 1. The number of quaternary nitrogens is 1. The van der Waals surface area contributed by atoms with Gasteiger partial charge in [-0.05, 0) is 56.4 Å². The molecule has 0 unspecified atom stereocenters. The molecule has 0 fully saturated rings. The van der Waals surface area contributed by atoms with Crippen molar-refractivity contribution >= 4 is 10.9 Å². The molecule has 3 N–H and O–H groups in total. The first-order valence-electron chi connectivity index (χ1n) is 9.25. The highest BCUT2D eigenvalue weighted by Crippen LogP contribution is 2.42. The van der Waals surface area contributed by atoms with Crippen molar-refractivity contribution in [2.75, 3.05) is 13.7 Å². The fourth-order valence-corrected chi connectivity index (χ4v) is 4.86. The molecule has 2 aromatic rings. The zero-order chi connectivity index (χ0) is 16.8. The van der Waals surface area contributed by atoms with Gasteiger partial charge in [0.1, 0.15) is 11.8 Å². The Morgan fingerprint density at radius 3 is 2.75 bits per heavy atom. The summed E-state index contributed by atoms with van der Waals surface area (Å²) in [5.74, 6) is 2.43. The van der Waals surface area contributed by atoms with E-state index in [0.717, 1.165) is 24.0 Å². The van der Waals surface area contributed by atoms with Gasteiger partial charge >= 0.3 is 0 Å². The van der Waals surface area contributed by atoms with Crippen LogP contribution in [-0.4, -0.2) is 18.6 Å². The van der Waals surface area contributed by atoms with Crippen LogP contribution >= 0.6 is 0 Å². The number of fused-ring (bicyclic) bond motifs is 3. The molecule has 24 heavy (non-hydrogen) atoms. The molecule has 3 atom stereocenters. The Labute approximate surface area is 144 Å². The molecule has 3 heteroatoms. The maximum Gasteiger partial charge on any atom is 0.130 e. The van der Waals surface area contributed by atoms with Crippen molar-refractivity contribution in [2.24, 2.45) is 11.8 Å². The van der Waals surface area contributed by atoms with Crippen LogP contribution in [0.25, 0.3) is 10.9 Å². The number of H-pyrrole nitrogens is 1. The molecule has 1 aliphatic carbocycles. The average molecular weight is 325 g/mol. The molecule has 3 nitrogen and oxygen atoms in total. The minimum atomic E-state index is 0.560. The number of rotatable bonds is 2. The van der Waals surface area contributed by atoms with Crippen LogP contribution in [0.1, 0.15) is 50.9 Å². The van der Waals surface area contributed by atoms with E-state index < -0.39 is 0 Å². The van der Waals surface area contributed by atoms with E-state index in [0.29, 0.717) is 6.04 Å². The molecule has 1 aliphatic heterocycles. The average Bonchev–Trinajstić information content (AvgIpc) is 2.96. The highest BCUT2D eigenvalue weighted by Gasteiger charge is 2.38. The number of methoxy groups -OCH3 is 1. The maximum absolute atomic E-state index is 5.44. The molecular weight excluding hydrogens is 296 g/mol. The quantitative estimate of drug-likeness (QED) is 0.812. The predicted octanol–water partition coefficient (Wildman–Crippen LogP) is 3.72. The Morgan fingerprint density at radius 1 is 1.17 bits per heavy atom. The number of allylic oxidation sites excluding steroid dienone is 2. The highest BCUT2D eigenvalue weighted by molar-refractivity contribution is 5.86. The van der Waals surface area contributed by atoms with Gasteiger partial charge in [0.2, 0.25) is 0 Å². The SMILES string of the molecule is COc1ccc2[nH]c3c(c2c1)CC[NH2+][C@@H]3[C@H]1CC(C)=C(C)C[C@H]1C. The maximum atomic E-state index is 5.44. The van der Waals surface area contributed by atoms with Gasteiger partial charge in [-0.15, -0.1) is 0 Å². The minimum absolute atomic E-state index is 0.560. The molecule has 1 aromatic heterocycles. The van der Waals surface area contributed by atoms with Gasteiger partial charge in [-0.25, -0.2) is 0 Å². The van der Waals surface area contributed by atoms with Gasteiger partial charge in [-0.1, -0.05) is 18.1 Å². The first-order valence-corrected chi connectivity index (χ1v) is 9.25. The zero-order valence-corrected chi connectivity index (χ0v) is 15.3. The summed E-state index contributed by atoms with van der Waals surface area (Å²) in [6.45, 7) is 8.27. The molecule has 4 rings (SSSR count). The molecule has 0 saturated carbocycles. The van der Waals surface area contributed by atoms with Crippen LogP contribution < -0.4 is 10.1 Å². The second kappa shape index (κ2) is 5.96. The second-order valence-electron chi connectivity index (χ2n) is 7.84. The van der Waals surface area contributed by atoms with Gasteiger partial charge in [-0.3, -0.25) is 0 Å². The number of nitrogens with one attached hydrogen (secondary N) is 1. The third-order valence-corrected chi connectivity index (χ3v) is 6.39. The number of aromatic nitrogens is 1. The van der Waals surface area contributed by atoms with E-state index in [1.807, 2.05) is 0 Å². The van der Waals surface area contributed by atoms with Crippen molar-refractivity contribution in [3.8, 4) is 5.75 Å². The summed E-state index contributed by atoms with van der Waals surface area (Å²) in [6.07, 6.45) is 3.64. The number of hydrogen-bond acceptors (Lipinski definition) is 1. The lowest BCUT2D eigenvalue weighted by Gasteiger charge is -2.36. The molecule has 128 valence electrons. The van der Waals surface area contributed by atoms with Crippen LogP contribution in [0, 0.1) is 11.8 Å².